The van der Waals surface area contributed by atoms with E-state index in [9.17, 15) is 0 Å². The molecule has 0 saturated carbocycles. The Morgan fingerprint density at radius 3 is 2.55 bits per heavy atom. The maximum Gasteiger partial charge on any atom is 0.0533 e. The van der Waals surface area contributed by atoms with Crippen molar-refractivity contribution < 1.29 is 0 Å². The van der Waals surface area contributed by atoms with Gasteiger partial charge in [0, 0.05) is 28.2 Å². The molecule has 0 fully saturated rings. The number of H-pyrrole nitrogens is 1. The zero-order valence-electron chi connectivity index (χ0n) is 10.9. The summed E-state index contributed by atoms with van der Waals surface area (Å²) >= 11 is 0. The van der Waals surface area contributed by atoms with Gasteiger partial charge in [0.15, 0.2) is 0 Å². The fraction of sp³-hybridized carbons (Fsp3) is 0. The third kappa shape index (κ3) is 1.58. The fourth-order valence-corrected chi connectivity index (χ4v) is 2.79. The van der Waals surface area contributed by atoms with E-state index in [2.05, 4.69) is 47.4 Å². The highest BCUT2D eigenvalue weighted by atomic mass is 14.7. The van der Waals surface area contributed by atoms with Crippen LogP contribution in [0.1, 0.15) is 0 Å². The van der Waals surface area contributed by atoms with E-state index in [1.165, 1.54) is 21.7 Å². The number of hydrogen-bond acceptors (Lipinski definition) is 1. The van der Waals surface area contributed by atoms with Crippen LogP contribution in [0, 0.1) is 0 Å². The van der Waals surface area contributed by atoms with Crippen LogP contribution >= 0.6 is 0 Å². The highest BCUT2D eigenvalue weighted by Gasteiger charge is 2.05. The van der Waals surface area contributed by atoms with Gasteiger partial charge in [-0.05, 0) is 29.1 Å². The van der Waals surface area contributed by atoms with Crippen LogP contribution in [0.2, 0.25) is 0 Å². The number of nitrogens with two attached hydrogens (primary N) is 1. The molecule has 4 aromatic rings. The topological polar surface area (TPSA) is 41.8 Å². The molecule has 20 heavy (non-hydrogen) atoms. The summed E-state index contributed by atoms with van der Waals surface area (Å²) in [7, 11) is 0. The van der Waals surface area contributed by atoms with Gasteiger partial charge in [0.1, 0.15) is 0 Å². The zero-order valence-corrected chi connectivity index (χ0v) is 10.9. The molecule has 0 spiro atoms. The molecule has 3 N–H and O–H groups in total. The SMILES string of the molecule is Nc1ccccc1-c1ccc2c(ccc3cc[nH]c32)c1. The summed E-state index contributed by atoms with van der Waals surface area (Å²) in [6.07, 6.45) is 1.98. The van der Waals surface area contributed by atoms with Gasteiger partial charge in [-0.3, -0.25) is 0 Å². The summed E-state index contributed by atoms with van der Waals surface area (Å²) in [4.78, 5) is 3.31. The molecular formula is C18H14N2. The first-order valence-corrected chi connectivity index (χ1v) is 6.68. The van der Waals surface area contributed by atoms with E-state index in [0.717, 1.165) is 16.8 Å². The summed E-state index contributed by atoms with van der Waals surface area (Å²) in [5, 5.41) is 3.70. The lowest BCUT2D eigenvalue weighted by Gasteiger charge is -2.07. The van der Waals surface area contributed by atoms with Crippen LogP contribution in [-0.2, 0) is 0 Å². The first-order chi connectivity index (χ1) is 9.83. The number of aromatic nitrogens is 1. The molecule has 0 unspecified atom stereocenters. The second-order valence-electron chi connectivity index (χ2n) is 5.03. The minimum absolute atomic E-state index is 0.813. The fourth-order valence-electron chi connectivity index (χ4n) is 2.79. The maximum absolute atomic E-state index is 6.06. The number of rotatable bonds is 1. The summed E-state index contributed by atoms with van der Waals surface area (Å²) in [6.45, 7) is 0. The highest BCUT2D eigenvalue weighted by Crippen LogP contribution is 2.31. The van der Waals surface area contributed by atoms with Gasteiger partial charge in [-0.2, -0.15) is 0 Å². The van der Waals surface area contributed by atoms with E-state index >= 15 is 0 Å². The van der Waals surface area contributed by atoms with Gasteiger partial charge in [-0.1, -0.05) is 42.5 Å². The van der Waals surface area contributed by atoms with Gasteiger partial charge in [0.05, 0.1) is 5.52 Å². The zero-order chi connectivity index (χ0) is 13.5. The van der Waals surface area contributed by atoms with Crippen LogP contribution in [0.5, 0.6) is 0 Å². The molecule has 0 radical (unpaired) electrons. The second kappa shape index (κ2) is 4.14. The van der Waals surface area contributed by atoms with Crippen molar-refractivity contribution >= 4 is 27.4 Å². The third-order valence-corrected chi connectivity index (χ3v) is 3.81. The van der Waals surface area contributed by atoms with Crippen LogP contribution < -0.4 is 5.73 Å². The average molecular weight is 258 g/mol. The molecule has 0 aliphatic heterocycles. The van der Waals surface area contributed by atoms with Crippen molar-refractivity contribution in [3.05, 3.63) is 66.9 Å². The lowest BCUT2D eigenvalue weighted by molar-refractivity contribution is 1.49. The summed E-state index contributed by atoms with van der Waals surface area (Å²) in [5.41, 5.74) is 10.3. The van der Waals surface area contributed by atoms with Gasteiger partial charge >= 0.3 is 0 Å². The number of fused-ring (bicyclic) bond motifs is 3. The lowest BCUT2D eigenvalue weighted by atomic mass is 9.99. The molecular weight excluding hydrogens is 244 g/mol. The summed E-state index contributed by atoms with van der Waals surface area (Å²) < 4.78 is 0. The van der Waals surface area contributed by atoms with Crippen molar-refractivity contribution in [2.24, 2.45) is 0 Å². The molecule has 1 heterocycles. The number of para-hydroxylation sites is 1. The Bertz CT molecular complexity index is 919. The van der Waals surface area contributed by atoms with Crippen LogP contribution in [0.4, 0.5) is 5.69 Å². The van der Waals surface area contributed by atoms with Crippen molar-refractivity contribution in [1.82, 2.24) is 4.98 Å². The smallest absolute Gasteiger partial charge is 0.0533 e. The number of benzene rings is 3. The number of nitrogen functional groups attached to an aromatic ring is 1. The Morgan fingerprint density at radius 2 is 1.65 bits per heavy atom. The van der Waals surface area contributed by atoms with Crippen LogP contribution in [0.3, 0.4) is 0 Å². The average Bonchev–Trinajstić information content (AvgIpc) is 2.96. The normalized spacial score (nSPS) is 11.2. The molecule has 0 atom stereocenters. The monoisotopic (exact) mass is 258 g/mol. The van der Waals surface area contributed by atoms with E-state index in [1.807, 2.05) is 24.4 Å². The third-order valence-electron chi connectivity index (χ3n) is 3.81. The van der Waals surface area contributed by atoms with E-state index in [4.69, 9.17) is 5.73 Å². The number of anilines is 1. The van der Waals surface area contributed by atoms with Crippen LogP contribution in [-0.4, -0.2) is 4.98 Å². The second-order valence-corrected chi connectivity index (χ2v) is 5.03. The van der Waals surface area contributed by atoms with Crippen molar-refractivity contribution in [3.8, 4) is 11.1 Å². The Balaban J connectivity index is 2.00. The minimum Gasteiger partial charge on any atom is -0.398 e. The molecule has 96 valence electrons. The Kier molecular flexibility index (Phi) is 2.30. The molecule has 3 aromatic carbocycles. The number of hydrogen-bond donors (Lipinski definition) is 2. The molecule has 0 aliphatic rings. The minimum atomic E-state index is 0.813. The van der Waals surface area contributed by atoms with Gasteiger partial charge in [0.25, 0.3) is 0 Å². The molecule has 0 amide bonds. The lowest BCUT2D eigenvalue weighted by Crippen LogP contribution is -1.89. The maximum atomic E-state index is 6.06. The predicted molar refractivity (Wildman–Crippen MR) is 85.7 cm³/mol. The molecule has 0 bridgehead atoms. The van der Waals surface area contributed by atoms with E-state index in [1.54, 1.807) is 0 Å². The highest BCUT2D eigenvalue weighted by molar-refractivity contribution is 6.06. The van der Waals surface area contributed by atoms with Gasteiger partial charge in [-0.15, -0.1) is 0 Å². The van der Waals surface area contributed by atoms with E-state index < -0.39 is 0 Å². The van der Waals surface area contributed by atoms with Crippen molar-refractivity contribution in [3.63, 3.8) is 0 Å². The first-order valence-electron chi connectivity index (χ1n) is 6.68. The molecule has 2 heteroatoms. The largest absolute Gasteiger partial charge is 0.398 e. The molecule has 4 rings (SSSR count). The molecule has 2 nitrogen and oxygen atoms in total. The van der Waals surface area contributed by atoms with E-state index in [0.29, 0.717) is 0 Å². The quantitative estimate of drug-likeness (QED) is 0.482. The standard InChI is InChI=1S/C18H14N2/c19-17-4-2-1-3-15(17)13-7-8-16-14(11-13)6-5-12-9-10-20-18(12)16/h1-11,20H,19H2. The van der Waals surface area contributed by atoms with Gasteiger partial charge < -0.3 is 10.7 Å². The predicted octanol–water partition coefficient (Wildman–Crippen LogP) is 4.57. The Labute approximate surface area is 116 Å². The molecule has 0 aliphatic carbocycles. The summed E-state index contributed by atoms with van der Waals surface area (Å²) in [6, 6.07) is 20.9. The van der Waals surface area contributed by atoms with Crippen molar-refractivity contribution in [2.75, 3.05) is 5.73 Å². The Morgan fingerprint density at radius 1 is 0.800 bits per heavy atom. The van der Waals surface area contributed by atoms with E-state index in [-0.39, 0.29) is 0 Å². The van der Waals surface area contributed by atoms with Crippen LogP contribution in [0.15, 0.2) is 66.9 Å². The van der Waals surface area contributed by atoms with Gasteiger partial charge in [-0.25, -0.2) is 0 Å². The molecule has 0 saturated heterocycles. The number of aromatic amines is 1. The van der Waals surface area contributed by atoms with Gasteiger partial charge in [0.2, 0.25) is 0 Å². The molecule has 1 aromatic heterocycles. The first kappa shape index (κ1) is 11.1. The van der Waals surface area contributed by atoms with Crippen molar-refractivity contribution in [1.29, 1.82) is 0 Å². The summed E-state index contributed by atoms with van der Waals surface area (Å²) in [5.74, 6) is 0. The Hall–Kier alpha value is -2.74. The van der Waals surface area contributed by atoms with Crippen LogP contribution in [0.25, 0.3) is 32.8 Å². The van der Waals surface area contributed by atoms with Crippen molar-refractivity contribution in [2.45, 2.75) is 0 Å². The number of nitrogens with one attached hydrogen (secondary N) is 1.